The number of allylic oxidation sites excluding steroid dienone is 1. The van der Waals surface area contributed by atoms with Crippen LogP contribution in [0.5, 0.6) is 0 Å². The van der Waals surface area contributed by atoms with E-state index in [0.717, 1.165) is 0 Å². The van der Waals surface area contributed by atoms with Gasteiger partial charge in [-0.05, 0) is 32.1 Å². The highest BCUT2D eigenvalue weighted by Crippen LogP contribution is 2.33. The van der Waals surface area contributed by atoms with E-state index in [9.17, 15) is 0 Å². The molecule has 0 spiro atoms. The summed E-state index contributed by atoms with van der Waals surface area (Å²) in [6, 6.07) is 4.52. The smallest absolute Gasteiger partial charge is 0.0459 e. The van der Waals surface area contributed by atoms with Crippen LogP contribution in [0.4, 0.5) is 0 Å². The van der Waals surface area contributed by atoms with Crippen molar-refractivity contribution in [1.29, 1.82) is 0 Å². The summed E-state index contributed by atoms with van der Waals surface area (Å²) < 4.78 is 2.84. The van der Waals surface area contributed by atoms with Gasteiger partial charge in [0, 0.05) is 19.2 Å². The number of rotatable bonds is 1. The molecule has 0 aromatic carbocycles. The molecule has 2 aromatic heterocycles. The average Bonchev–Trinajstić information content (AvgIpc) is 2.44. The molecule has 0 nitrogen and oxygen atoms in total. The molecule has 0 fully saturated rings. The van der Waals surface area contributed by atoms with Gasteiger partial charge in [0.2, 0.25) is 0 Å². The fourth-order valence-corrected chi connectivity index (χ4v) is 3.52. The minimum atomic E-state index is 1.36. The molecule has 0 aliphatic rings. The van der Waals surface area contributed by atoms with Gasteiger partial charge >= 0.3 is 0 Å². The second kappa shape index (κ2) is 3.04. The van der Waals surface area contributed by atoms with E-state index in [1.54, 1.807) is 0 Å². The Kier molecular flexibility index (Phi) is 2.03. The van der Waals surface area contributed by atoms with Crippen LogP contribution in [0.3, 0.4) is 0 Å². The van der Waals surface area contributed by atoms with Crippen LogP contribution >= 0.6 is 22.7 Å². The first-order valence-corrected chi connectivity index (χ1v) is 5.55. The van der Waals surface area contributed by atoms with Crippen LogP contribution in [0.1, 0.15) is 16.7 Å². The summed E-state index contributed by atoms with van der Waals surface area (Å²) in [5.41, 5.74) is 0. The largest absolute Gasteiger partial charge is 0.140 e. The molecule has 0 atom stereocenters. The van der Waals surface area contributed by atoms with Gasteiger partial charge in [-0.1, -0.05) is 6.08 Å². The number of fused-ring (bicyclic) bond motifs is 1. The molecule has 2 heterocycles. The van der Waals surface area contributed by atoms with Crippen LogP contribution in [0.15, 0.2) is 18.2 Å². The van der Waals surface area contributed by atoms with Gasteiger partial charge in [-0.15, -0.1) is 22.7 Å². The van der Waals surface area contributed by atoms with Crippen molar-refractivity contribution >= 4 is 38.1 Å². The summed E-state index contributed by atoms with van der Waals surface area (Å²) in [5.74, 6) is 0. The van der Waals surface area contributed by atoms with Gasteiger partial charge in [0.15, 0.2) is 0 Å². The Morgan fingerprint density at radius 2 is 1.92 bits per heavy atom. The monoisotopic (exact) mass is 194 g/mol. The summed E-state index contributed by atoms with van der Waals surface area (Å²) in [6.07, 6.45) is 4.24. The van der Waals surface area contributed by atoms with E-state index in [-0.39, 0.29) is 0 Å². The van der Waals surface area contributed by atoms with Crippen LogP contribution in [0.25, 0.3) is 15.5 Å². The zero-order valence-corrected chi connectivity index (χ0v) is 8.76. The molecular weight excluding hydrogens is 184 g/mol. The summed E-state index contributed by atoms with van der Waals surface area (Å²) in [5, 5.41) is 0. The average molecular weight is 194 g/mol. The quantitative estimate of drug-likeness (QED) is 0.634. The minimum Gasteiger partial charge on any atom is -0.140 e. The highest BCUT2D eigenvalue weighted by Gasteiger charge is 2.01. The Balaban J connectivity index is 2.57. The molecule has 12 heavy (non-hydrogen) atoms. The third-order valence-electron chi connectivity index (χ3n) is 1.68. The van der Waals surface area contributed by atoms with Crippen molar-refractivity contribution in [3.8, 4) is 0 Å². The van der Waals surface area contributed by atoms with Crippen molar-refractivity contribution in [2.45, 2.75) is 13.8 Å². The Labute approximate surface area is 80.2 Å². The topological polar surface area (TPSA) is 0 Å². The van der Waals surface area contributed by atoms with Gasteiger partial charge in [-0.2, -0.15) is 0 Å². The third kappa shape index (κ3) is 1.32. The van der Waals surface area contributed by atoms with Gasteiger partial charge in [-0.3, -0.25) is 0 Å². The van der Waals surface area contributed by atoms with Gasteiger partial charge in [0.05, 0.1) is 0 Å². The number of hydrogen-bond donors (Lipinski definition) is 0. The Morgan fingerprint density at radius 3 is 2.58 bits per heavy atom. The lowest BCUT2D eigenvalue weighted by Gasteiger charge is -1.79. The SMILES string of the molecule is C/C=C/c1cc2sc(C)cc2s1. The normalized spacial score (nSPS) is 11.8. The lowest BCUT2D eigenvalue weighted by molar-refractivity contribution is 1.66. The molecule has 0 aliphatic heterocycles. The van der Waals surface area contributed by atoms with Gasteiger partial charge in [0.25, 0.3) is 0 Å². The van der Waals surface area contributed by atoms with E-state index < -0.39 is 0 Å². The maximum absolute atomic E-state index is 2.26. The van der Waals surface area contributed by atoms with Crippen LogP contribution in [-0.2, 0) is 0 Å². The highest BCUT2D eigenvalue weighted by atomic mass is 32.1. The number of thiophene rings is 2. The molecule has 0 radical (unpaired) electrons. The van der Waals surface area contributed by atoms with E-state index in [0.29, 0.717) is 0 Å². The van der Waals surface area contributed by atoms with Crippen LogP contribution < -0.4 is 0 Å². The van der Waals surface area contributed by atoms with Crippen molar-refractivity contribution in [1.82, 2.24) is 0 Å². The summed E-state index contributed by atoms with van der Waals surface area (Å²) >= 11 is 3.74. The van der Waals surface area contributed by atoms with E-state index in [1.165, 1.54) is 19.2 Å². The molecule has 2 rings (SSSR count). The molecule has 0 bridgehead atoms. The van der Waals surface area contributed by atoms with Crippen LogP contribution in [-0.4, -0.2) is 0 Å². The molecule has 0 aliphatic carbocycles. The fourth-order valence-electron chi connectivity index (χ4n) is 1.22. The van der Waals surface area contributed by atoms with Crippen LogP contribution in [0.2, 0.25) is 0 Å². The first kappa shape index (κ1) is 8.02. The molecule has 0 N–H and O–H groups in total. The second-order valence-electron chi connectivity index (χ2n) is 2.73. The zero-order valence-electron chi connectivity index (χ0n) is 7.13. The fraction of sp³-hybridized carbons (Fsp3) is 0.200. The summed E-state index contributed by atoms with van der Waals surface area (Å²) in [6.45, 7) is 4.21. The van der Waals surface area contributed by atoms with Gasteiger partial charge in [-0.25, -0.2) is 0 Å². The van der Waals surface area contributed by atoms with Gasteiger partial charge in [0.1, 0.15) is 0 Å². The van der Waals surface area contributed by atoms with Crippen molar-refractivity contribution in [2.75, 3.05) is 0 Å². The first-order chi connectivity index (χ1) is 5.79. The highest BCUT2D eigenvalue weighted by molar-refractivity contribution is 7.28. The second-order valence-corrected chi connectivity index (χ2v) is 5.14. The molecule has 0 saturated carbocycles. The van der Waals surface area contributed by atoms with E-state index >= 15 is 0 Å². The van der Waals surface area contributed by atoms with E-state index in [1.807, 2.05) is 22.7 Å². The molecule has 0 amide bonds. The Hall–Kier alpha value is -0.600. The molecule has 2 aromatic rings. The summed E-state index contributed by atoms with van der Waals surface area (Å²) in [4.78, 5) is 2.77. The zero-order chi connectivity index (χ0) is 8.55. The molecule has 0 unspecified atom stereocenters. The van der Waals surface area contributed by atoms with Gasteiger partial charge < -0.3 is 0 Å². The summed E-state index contributed by atoms with van der Waals surface area (Å²) in [7, 11) is 0. The first-order valence-electron chi connectivity index (χ1n) is 3.92. The maximum atomic E-state index is 2.26. The molecule has 0 saturated heterocycles. The maximum Gasteiger partial charge on any atom is 0.0459 e. The van der Waals surface area contributed by atoms with E-state index in [4.69, 9.17) is 0 Å². The molecule has 62 valence electrons. The standard InChI is InChI=1S/C10H10S2/c1-3-4-8-6-10-9(12-8)5-7(2)11-10/h3-6H,1-2H3/b4-3+. The number of hydrogen-bond acceptors (Lipinski definition) is 2. The van der Waals surface area contributed by atoms with Crippen molar-refractivity contribution < 1.29 is 0 Å². The molecule has 2 heteroatoms. The van der Waals surface area contributed by atoms with E-state index in [2.05, 4.69) is 38.1 Å². The Bertz CT molecular complexity index is 386. The van der Waals surface area contributed by atoms with Crippen molar-refractivity contribution in [3.63, 3.8) is 0 Å². The number of aryl methyl sites for hydroxylation is 1. The lowest BCUT2D eigenvalue weighted by atomic mass is 10.4. The predicted octanol–water partition coefficient (Wildman–Crippen LogP) is 4.30. The minimum absolute atomic E-state index is 1.36. The van der Waals surface area contributed by atoms with Crippen molar-refractivity contribution in [3.05, 3.63) is 28.0 Å². The van der Waals surface area contributed by atoms with Crippen molar-refractivity contribution in [2.24, 2.45) is 0 Å². The van der Waals surface area contributed by atoms with Crippen LogP contribution in [0, 0.1) is 6.92 Å². The third-order valence-corrected chi connectivity index (χ3v) is 3.85. The molecular formula is C10H10S2. The lowest BCUT2D eigenvalue weighted by Crippen LogP contribution is -1.53. The predicted molar refractivity (Wildman–Crippen MR) is 59.1 cm³/mol. The Morgan fingerprint density at radius 1 is 1.17 bits per heavy atom.